The van der Waals surface area contributed by atoms with E-state index in [1.807, 2.05) is 35.7 Å². The molecule has 1 aliphatic heterocycles. The van der Waals surface area contributed by atoms with E-state index in [0.29, 0.717) is 21.7 Å². The second kappa shape index (κ2) is 6.74. The first-order valence-corrected chi connectivity index (χ1v) is 8.86. The minimum atomic E-state index is -0.720. The zero-order chi connectivity index (χ0) is 17.2. The number of anilines is 1. The molecule has 0 saturated carbocycles. The van der Waals surface area contributed by atoms with Gasteiger partial charge in [-0.3, -0.25) is 10.1 Å². The Morgan fingerprint density at radius 2 is 1.92 bits per heavy atom. The number of ether oxygens (including phenoxy) is 2. The summed E-state index contributed by atoms with van der Waals surface area (Å²) in [5, 5.41) is 5.73. The van der Waals surface area contributed by atoms with Gasteiger partial charge in [0.1, 0.15) is 6.61 Å². The lowest BCUT2D eigenvalue weighted by molar-refractivity contribution is -0.125. The van der Waals surface area contributed by atoms with Crippen LogP contribution in [0.15, 0.2) is 53.9 Å². The van der Waals surface area contributed by atoms with Crippen molar-refractivity contribution in [2.45, 2.75) is 6.10 Å². The number of carbonyl (C=O) groups is 1. The van der Waals surface area contributed by atoms with Gasteiger partial charge in [0.25, 0.3) is 5.91 Å². The highest BCUT2D eigenvalue weighted by Gasteiger charge is 2.27. The number of amides is 1. The number of carbonyl (C=O) groups excluding carboxylic acids is 1. The highest BCUT2D eigenvalue weighted by Crippen LogP contribution is 2.32. The van der Waals surface area contributed by atoms with E-state index in [9.17, 15) is 4.79 Å². The van der Waals surface area contributed by atoms with Crippen molar-refractivity contribution < 1.29 is 14.3 Å². The van der Waals surface area contributed by atoms with Gasteiger partial charge in [-0.05, 0) is 18.2 Å². The third-order valence-electron chi connectivity index (χ3n) is 3.69. The maximum absolute atomic E-state index is 12.4. The minimum Gasteiger partial charge on any atom is -0.485 e. The first kappa shape index (κ1) is 15.9. The number of hydrogen-bond donors (Lipinski definition) is 1. The largest absolute Gasteiger partial charge is 0.485 e. The summed E-state index contributed by atoms with van der Waals surface area (Å²) in [6.07, 6.45) is -0.720. The molecule has 1 aromatic heterocycles. The van der Waals surface area contributed by atoms with Crippen LogP contribution in [0.4, 0.5) is 5.13 Å². The third-order valence-corrected chi connectivity index (χ3v) is 4.77. The summed E-state index contributed by atoms with van der Waals surface area (Å²) in [5.74, 6) is 0.904. The second-order valence-electron chi connectivity index (χ2n) is 5.37. The van der Waals surface area contributed by atoms with Gasteiger partial charge in [0.15, 0.2) is 16.6 Å². The van der Waals surface area contributed by atoms with Crippen LogP contribution in [0.1, 0.15) is 0 Å². The molecule has 1 atom stereocenters. The van der Waals surface area contributed by atoms with E-state index in [0.717, 1.165) is 11.3 Å². The van der Waals surface area contributed by atoms with Crippen molar-refractivity contribution in [3.8, 4) is 22.8 Å². The molecule has 2 heterocycles. The Kier molecular flexibility index (Phi) is 4.29. The van der Waals surface area contributed by atoms with Crippen molar-refractivity contribution in [2.75, 3.05) is 11.9 Å². The molecular formula is C18H13ClN2O3S. The average Bonchev–Trinajstić information content (AvgIpc) is 3.10. The van der Waals surface area contributed by atoms with Crippen molar-refractivity contribution in [1.82, 2.24) is 4.98 Å². The number of halogens is 1. The summed E-state index contributed by atoms with van der Waals surface area (Å²) in [7, 11) is 0. The fourth-order valence-corrected chi connectivity index (χ4v) is 3.40. The topological polar surface area (TPSA) is 60.5 Å². The smallest absolute Gasteiger partial charge is 0.270 e. The molecule has 3 aromatic rings. The molecule has 2 aromatic carbocycles. The zero-order valence-electron chi connectivity index (χ0n) is 12.9. The molecule has 1 aliphatic rings. The van der Waals surface area contributed by atoms with Crippen LogP contribution in [0.2, 0.25) is 5.02 Å². The molecule has 126 valence electrons. The van der Waals surface area contributed by atoms with Crippen LogP contribution in [0.3, 0.4) is 0 Å². The molecule has 7 heteroatoms. The lowest BCUT2D eigenvalue weighted by atomic mass is 10.2. The minimum absolute atomic E-state index is 0.158. The number of para-hydroxylation sites is 2. The van der Waals surface area contributed by atoms with Crippen molar-refractivity contribution in [3.63, 3.8) is 0 Å². The maximum Gasteiger partial charge on any atom is 0.270 e. The van der Waals surface area contributed by atoms with Crippen LogP contribution >= 0.6 is 22.9 Å². The van der Waals surface area contributed by atoms with E-state index < -0.39 is 6.10 Å². The monoisotopic (exact) mass is 372 g/mol. The van der Waals surface area contributed by atoms with E-state index in [1.54, 1.807) is 18.2 Å². The van der Waals surface area contributed by atoms with Crippen LogP contribution in [-0.2, 0) is 4.79 Å². The number of rotatable bonds is 3. The third kappa shape index (κ3) is 3.31. The van der Waals surface area contributed by atoms with Crippen LogP contribution in [0.5, 0.6) is 11.5 Å². The summed E-state index contributed by atoms with van der Waals surface area (Å²) in [5.41, 5.74) is 1.55. The lowest BCUT2D eigenvalue weighted by Crippen LogP contribution is -2.40. The Hall–Kier alpha value is -2.57. The van der Waals surface area contributed by atoms with E-state index in [4.69, 9.17) is 21.1 Å². The Balaban J connectivity index is 1.47. The predicted octanol–water partition coefficient (Wildman–Crippen LogP) is 4.24. The molecule has 25 heavy (non-hydrogen) atoms. The van der Waals surface area contributed by atoms with Crippen LogP contribution in [0, 0.1) is 0 Å². The Morgan fingerprint density at radius 3 is 2.76 bits per heavy atom. The molecule has 0 spiro atoms. The van der Waals surface area contributed by atoms with E-state index in [-0.39, 0.29) is 12.5 Å². The summed E-state index contributed by atoms with van der Waals surface area (Å²) in [6, 6.07) is 14.7. The van der Waals surface area contributed by atoms with Crippen molar-refractivity contribution >= 4 is 34.0 Å². The van der Waals surface area contributed by atoms with E-state index in [1.165, 1.54) is 11.3 Å². The predicted molar refractivity (Wildman–Crippen MR) is 97.5 cm³/mol. The number of benzene rings is 2. The first-order valence-electron chi connectivity index (χ1n) is 7.60. The van der Waals surface area contributed by atoms with Crippen LogP contribution in [-0.4, -0.2) is 23.6 Å². The number of nitrogens with zero attached hydrogens (tertiary/aromatic N) is 1. The summed E-state index contributed by atoms with van der Waals surface area (Å²) < 4.78 is 11.3. The van der Waals surface area contributed by atoms with Gasteiger partial charge >= 0.3 is 0 Å². The number of fused-ring (bicyclic) bond motifs is 1. The van der Waals surface area contributed by atoms with Crippen molar-refractivity contribution in [2.24, 2.45) is 0 Å². The van der Waals surface area contributed by atoms with Gasteiger partial charge < -0.3 is 9.47 Å². The molecule has 0 fully saturated rings. The number of hydrogen-bond acceptors (Lipinski definition) is 5. The molecule has 1 N–H and O–H groups in total. The molecule has 0 bridgehead atoms. The second-order valence-corrected chi connectivity index (χ2v) is 6.64. The van der Waals surface area contributed by atoms with Gasteiger partial charge in [-0.25, -0.2) is 4.98 Å². The normalized spacial score (nSPS) is 15.6. The average molecular weight is 373 g/mol. The fraction of sp³-hybridized carbons (Fsp3) is 0.111. The number of thiazole rings is 1. The summed E-state index contributed by atoms with van der Waals surface area (Å²) >= 11 is 7.52. The van der Waals surface area contributed by atoms with Gasteiger partial charge in [0.2, 0.25) is 6.10 Å². The molecule has 0 aliphatic carbocycles. The fourth-order valence-electron chi connectivity index (χ4n) is 2.46. The van der Waals surface area contributed by atoms with E-state index in [2.05, 4.69) is 10.3 Å². The molecule has 4 rings (SSSR count). The SMILES string of the molecule is O=C(Nc1nc(-c2ccccc2Cl)cs1)[C@H]1COc2ccccc2O1. The Labute approximate surface area is 153 Å². The van der Waals surface area contributed by atoms with Gasteiger partial charge in [-0.1, -0.05) is 41.9 Å². The zero-order valence-corrected chi connectivity index (χ0v) is 14.5. The molecule has 0 radical (unpaired) electrons. The lowest BCUT2D eigenvalue weighted by Gasteiger charge is -2.25. The molecule has 1 amide bonds. The van der Waals surface area contributed by atoms with Gasteiger partial charge in [-0.15, -0.1) is 11.3 Å². The molecule has 0 unspecified atom stereocenters. The summed E-state index contributed by atoms with van der Waals surface area (Å²) in [6.45, 7) is 0.158. The van der Waals surface area contributed by atoms with Crippen molar-refractivity contribution in [1.29, 1.82) is 0 Å². The summed E-state index contributed by atoms with van der Waals surface area (Å²) in [4.78, 5) is 16.8. The molecule has 0 saturated heterocycles. The van der Waals surface area contributed by atoms with Crippen molar-refractivity contribution in [3.05, 3.63) is 58.9 Å². The Morgan fingerprint density at radius 1 is 1.16 bits per heavy atom. The van der Waals surface area contributed by atoms with Gasteiger partial charge in [0.05, 0.1) is 5.69 Å². The standard InChI is InChI=1S/C18H13ClN2O3S/c19-12-6-2-1-5-11(12)13-10-25-18(20-13)21-17(22)16-9-23-14-7-3-4-8-15(14)24-16/h1-8,10,16H,9H2,(H,20,21,22)/t16-/m1/s1. The van der Waals surface area contributed by atoms with Gasteiger partial charge in [0, 0.05) is 16.0 Å². The number of nitrogens with one attached hydrogen (secondary N) is 1. The molecule has 5 nitrogen and oxygen atoms in total. The van der Waals surface area contributed by atoms with Crippen LogP contribution < -0.4 is 14.8 Å². The maximum atomic E-state index is 12.4. The number of aromatic nitrogens is 1. The van der Waals surface area contributed by atoms with Gasteiger partial charge in [-0.2, -0.15) is 0 Å². The van der Waals surface area contributed by atoms with Crippen LogP contribution in [0.25, 0.3) is 11.3 Å². The Bertz CT molecular complexity index is 928. The quantitative estimate of drug-likeness (QED) is 0.747. The van der Waals surface area contributed by atoms with E-state index >= 15 is 0 Å². The first-order chi connectivity index (χ1) is 12.2. The molecular weight excluding hydrogens is 360 g/mol. The highest BCUT2D eigenvalue weighted by atomic mass is 35.5. The highest BCUT2D eigenvalue weighted by molar-refractivity contribution is 7.14.